The van der Waals surface area contributed by atoms with Crippen LogP contribution in [0.5, 0.6) is 0 Å². The van der Waals surface area contributed by atoms with Gasteiger partial charge in [0.05, 0.1) is 6.54 Å². The van der Waals surface area contributed by atoms with Gasteiger partial charge in [-0.25, -0.2) is 4.79 Å². The first-order valence-corrected chi connectivity index (χ1v) is 9.06. The van der Waals surface area contributed by atoms with Gasteiger partial charge in [0.25, 0.3) is 5.91 Å². The van der Waals surface area contributed by atoms with Crippen LogP contribution in [0.1, 0.15) is 38.2 Å². The fraction of sp³-hybridized carbons (Fsp3) is 0.529. The van der Waals surface area contributed by atoms with Crippen molar-refractivity contribution in [1.82, 2.24) is 10.2 Å². The van der Waals surface area contributed by atoms with E-state index < -0.39 is 5.54 Å². The van der Waals surface area contributed by atoms with Gasteiger partial charge in [-0.05, 0) is 42.7 Å². The van der Waals surface area contributed by atoms with Gasteiger partial charge in [0, 0.05) is 4.90 Å². The third kappa shape index (κ3) is 2.51. The summed E-state index contributed by atoms with van der Waals surface area (Å²) in [5.41, 5.74) is 0.330. The Balaban J connectivity index is 1.79. The number of urea groups is 1. The SMILES string of the molecule is CSc1ccc(CN2C(=O)N[C@@]3(CCCC[C@@H]3C)C2=O)cc1. The van der Waals surface area contributed by atoms with Crippen molar-refractivity contribution >= 4 is 23.7 Å². The minimum absolute atomic E-state index is 0.0429. The second kappa shape index (κ2) is 5.95. The number of amides is 3. The molecule has 1 aliphatic carbocycles. The Morgan fingerprint density at radius 3 is 2.64 bits per heavy atom. The first-order valence-electron chi connectivity index (χ1n) is 7.84. The van der Waals surface area contributed by atoms with Gasteiger partial charge in [-0.1, -0.05) is 31.9 Å². The van der Waals surface area contributed by atoms with E-state index in [0.29, 0.717) is 6.54 Å². The molecule has 2 aliphatic rings. The van der Waals surface area contributed by atoms with Crippen LogP contribution in [0.3, 0.4) is 0 Å². The average molecular weight is 318 g/mol. The first kappa shape index (κ1) is 15.4. The van der Waals surface area contributed by atoms with Gasteiger partial charge in [-0.15, -0.1) is 11.8 Å². The van der Waals surface area contributed by atoms with E-state index in [9.17, 15) is 9.59 Å². The third-order valence-electron chi connectivity index (χ3n) is 5.00. The molecule has 0 bridgehead atoms. The van der Waals surface area contributed by atoms with Crippen molar-refractivity contribution in [3.05, 3.63) is 29.8 Å². The molecule has 2 atom stereocenters. The predicted molar refractivity (Wildman–Crippen MR) is 87.7 cm³/mol. The Labute approximate surface area is 135 Å². The molecule has 0 radical (unpaired) electrons. The van der Waals surface area contributed by atoms with Crippen molar-refractivity contribution < 1.29 is 9.59 Å². The van der Waals surface area contributed by atoms with E-state index >= 15 is 0 Å². The summed E-state index contributed by atoms with van der Waals surface area (Å²) >= 11 is 1.68. The van der Waals surface area contributed by atoms with Gasteiger partial charge in [0.2, 0.25) is 0 Å². The zero-order valence-electron chi connectivity index (χ0n) is 13.1. The van der Waals surface area contributed by atoms with E-state index in [1.54, 1.807) is 11.8 Å². The zero-order chi connectivity index (χ0) is 15.7. The molecule has 3 rings (SSSR count). The summed E-state index contributed by atoms with van der Waals surface area (Å²) < 4.78 is 0. The van der Waals surface area contributed by atoms with E-state index in [2.05, 4.69) is 12.2 Å². The number of carbonyl (C=O) groups excluding carboxylic acids is 2. The molecule has 118 valence electrons. The summed E-state index contributed by atoms with van der Waals surface area (Å²) in [5, 5.41) is 2.99. The Morgan fingerprint density at radius 2 is 2.00 bits per heavy atom. The summed E-state index contributed by atoms with van der Waals surface area (Å²) in [7, 11) is 0. The average Bonchev–Trinajstić information content (AvgIpc) is 2.76. The second-order valence-corrected chi connectivity index (χ2v) is 7.17. The van der Waals surface area contributed by atoms with Gasteiger partial charge in [-0.3, -0.25) is 9.69 Å². The molecule has 22 heavy (non-hydrogen) atoms. The fourth-order valence-corrected chi connectivity index (χ4v) is 3.96. The summed E-state index contributed by atoms with van der Waals surface area (Å²) in [6.45, 7) is 2.43. The molecule has 2 fully saturated rings. The van der Waals surface area contributed by atoms with Crippen LogP contribution < -0.4 is 5.32 Å². The van der Waals surface area contributed by atoms with Crippen LogP contribution >= 0.6 is 11.8 Å². The van der Waals surface area contributed by atoms with Gasteiger partial charge in [0.15, 0.2) is 0 Å². The van der Waals surface area contributed by atoms with Gasteiger partial charge in [-0.2, -0.15) is 0 Å². The first-order chi connectivity index (χ1) is 10.6. The molecule has 0 unspecified atom stereocenters. The number of hydrogen-bond acceptors (Lipinski definition) is 3. The topological polar surface area (TPSA) is 49.4 Å². The molecule has 1 aromatic carbocycles. The van der Waals surface area contributed by atoms with E-state index in [1.165, 1.54) is 9.80 Å². The highest BCUT2D eigenvalue weighted by Gasteiger charge is 2.54. The normalized spacial score (nSPS) is 28.3. The van der Waals surface area contributed by atoms with Crippen molar-refractivity contribution in [2.24, 2.45) is 5.92 Å². The third-order valence-corrected chi connectivity index (χ3v) is 5.74. The van der Waals surface area contributed by atoms with E-state index in [0.717, 1.165) is 31.2 Å². The molecule has 1 N–H and O–H groups in total. The summed E-state index contributed by atoms with van der Waals surface area (Å²) in [4.78, 5) is 27.8. The molecule has 4 nitrogen and oxygen atoms in total. The molecule has 1 aliphatic heterocycles. The van der Waals surface area contributed by atoms with Crippen LogP contribution in [0.4, 0.5) is 4.79 Å². The number of rotatable bonds is 3. The fourth-order valence-electron chi connectivity index (χ4n) is 3.55. The Morgan fingerprint density at radius 1 is 1.27 bits per heavy atom. The molecule has 5 heteroatoms. The van der Waals surface area contributed by atoms with Crippen LogP contribution in [-0.4, -0.2) is 28.6 Å². The smallest absolute Gasteiger partial charge is 0.323 e. The molecular formula is C17H22N2O2S. The van der Waals surface area contributed by atoms with Crippen molar-refractivity contribution in [3.8, 4) is 0 Å². The summed E-state index contributed by atoms with van der Waals surface area (Å²) in [5.74, 6) is 0.167. The largest absolute Gasteiger partial charge is 0.325 e. The zero-order valence-corrected chi connectivity index (χ0v) is 13.9. The number of thioether (sulfide) groups is 1. The van der Waals surface area contributed by atoms with Crippen LogP contribution in [0, 0.1) is 5.92 Å². The molecule has 1 saturated carbocycles. The molecule has 0 aromatic heterocycles. The molecule has 1 aromatic rings. The lowest BCUT2D eigenvalue weighted by atomic mass is 9.73. The lowest BCUT2D eigenvalue weighted by molar-refractivity contribution is -0.134. The Kier molecular flexibility index (Phi) is 4.17. The van der Waals surface area contributed by atoms with Crippen LogP contribution in [0.25, 0.3) is 0 Å². The molecule has 1 spiro atoms. The van der Waals surface area contributed by atoms with Crippen LogP contribution in [0.15, 0.2) is 29.2 Å². The maximum atomic E-state index is 12.9. The number of imide groups is 1. The number of benzene rings is 1. The highest BCUT2D eigenvalue weighted by Crippen LogP contribution is 2.38. The summed E-state index contributed by atoms with van der Waals surface area (Å²) in [6.07, 6.45) is 5.94. The molecular weight excluding hydrogens is 296 g/mol. The highest BCUT2D eigenvalue weighted by atomic mass is 32.2. The van der Waals surface area contributed by atoms with E-state index in [4.69, 9.17) is 0 Å². The lowest BCUT2D eigenvalue weighted by Crippen LogP contribution is -2.53. The lowest BCUT2D eigenvalue weighted by Gasteiger charge is -2.36. The van der Waals surface area contributed by atoms with Crippen LogP contribution in [-0.2, 0) is 11.3 Å². The number of hydrogen-bond donors (Lipinski definition) is 1. The second-order valence-electron chi connectivity index (χ2n) is 6.29. The van der Waals surface area contributed by atoms with Gasteiger partial charge < -0.3 is 5.32 Å². The van der Waals surface area contributed by atoms with E-state index in [1.807, 2.05) is 30.5 Å². The Hall–Kier alpha value is -1.49. The number of carbonyl (C=O) groups is 2. The van der Waals surface area contributed by atoms with Crippen LogP contribution in [0.2, 0.25) is 0 Å². The number of nitrogens with zero attached hydrogens (tertiary/aromatic N) is 1. The highest BCUT2D eigenvalue weighted by molar-refractivity contribution is 7.98. The van der Waals surface area contributed by atoms with Crippen molar-refractivity contribution in [1.29, 1.82) is 0 Å². The molecule has 3 amide bonds. The van der Waals surface area contributed by atoms with E-state index in [-0.39, 0.29) is 17.9 Å². The van der Waals surface area contributed by atoms with Gasteiger partial charge >= 0.3 is 6.03 Å². The standard InChI is InChI=1S/C17H22N2O2S/c1-12-5-3-4-10-17(12)15(20)19(16(21)18-17)11-13-6-8-14(22-2)9-7-13/h6-9,12H,3-5,10-11H2,1-2H3,(H,18,21)/t12-,17+/m0/s1. The monoisotopic (exact) mass is 318 g/mol. The molecule has 1 heterocycles. The molecule has 1 saturated heterocycles. The Bertz CT molecular complexity index is 587. The number of nitrogens with one attached hydrogen (secondary N) is 1. The predicted octanol–water partition coefficient (Wildman–Crippen LogP) is 3.41. The van der Waals surface area contributed by atoms with Gasteiger partial charge in [0.1, 0.15) is 5.54 Å². The minimum Gasteiger partial charge on any atom is -0.323 e. The van der Waals surface area contributed by atoms with Crippen molar-refractivity contribution in [2.45, 2.75) is 49.6 Å². The quantitative estimate of drug-likeness (QED) is 0.686. The maximum absolute atomic E-state index is 12.9. The summed E-state index contributed by atoms with van der Waals surface area (Å²) in [6, 6.07) is 7.78. The van der Waals surface area contributed by atoms with Crippen molar-refractivity contribution in [2.75, 3.05) is 6.26 Å². The maximum Gasteiger partial charge on any atom is 0.325 e. The minimum atomic E-state index is -0.658. The van der Waals surface area contributed by atoms with Crippen molar-refractivity contribution in [3.63, 3.8) is 0 Å².